The largest absolute Gasteiger partial charge is 0.294 e. The summed E-state index contributed by atoms with van der Waals surface area (Å²) in [6.45, 7) is 0. The quantitative estimate of drug-likeness (QED) is 0.789. The van der Waals surface area contributed by atoms with Crippen molar-refractivity contribution in [3.8, 4) is 0 Å². The van der Waals surface area contributed by atoms with Gasteiger partial charge in [0.2, 0.25) is 0 Å². The predicted molar refractivity (Wildman–Crippen MR) is 87.9 cm³/mol. The Morgan fingerprint density at radius 3 is 2.52 bits per heavy atom. The van der Waals surface area contributed by atoms with Gasteiger partial charge in [-0.25, -0.2) is 4.90 Å². The molecule has 5 heteroatoms. The van der Waals surface area contributed by atoms with Crippen molar-refractivity contribution < 1.29 is 9.59 Å². The van der Waals surface area contributed by atoms with E-state index >= 15 is 0 Å². The fourth-order valence-electron chi connectivity index (χ4n) is 2.23. The summed E-state index contributed by atoms with van der Waals surface area (Å²) in [6.07, 6.45) is 1.97. The second kappa shape index (κ2) is 5.95. The van der Waals surface area contributed by atoms with Gasteiger partial charge in [0.15, 0.2) is 0 Å². The zero-order chi connectivity index (χ0) is 14.8. The Kier molecular flexibility index (Phi) is 4.03. The molecule has 0 radical (unpaired) electrons. The summed E-state index contributed by atoms with van der Waals surface area (Å²) in [6, 6.07) is 16.9. The third kappa shape index (κ3) is 2.71. The Bertz CT molecular complexity index is 688. The van der Waals surface area contributed by atoms with Gasteiger partial charge in [0, 0.05) is 4.90 Å². The van der Waals surface area contributed by atoms with Gasteiger partial charge in [-0.15, -0.1) is 11.8 Å². The van der Waals surface area contributed by atoms with Crippen molar-refractivity contribution in [3.05, 3.63) is 60.2 Å². The van der Waals surface area contributed by atoms with Crippen molar-refractivity contribution in [2.75, 3.05) is 11.2 Å². The van der Waals surface area contributed by atoms with Crippen LogP contribution in [0, 0.1) is 0 Å². The lowest BCUT2D eigenvalue weighted by Crippen LogP contribution is -2.29. The first-order chi connectivity index (χ1) is 10.2. The van der Waals surface area contributed by atoms with Crippen LogP contribution < -0.4 is 4.90 Å². The lowest BCUT2D eigenvalue weighted by molar-refractivity contribution is -0.117. The van der Waals surface area contributed by atoms with Crippen molar-refractivity contribution in [3.63, 3.8) is 0 Å². The molecule has 1 aliphatic heterocycles. The molecule has 0 unspecified atom stereocenters. The topological polar surface area (TPSA) is 37.4 Å². The third-order valence-corrected chi connectivity index (χ3v) is 5.08. The second-order valence-electron chi connectivity index (χ2n) is 4.55. The van der Waals surface area contributed by atoms with E-state index in [-0.39, 0.29) is 11.1 Å². The van der Waals surface area contributed by atoms with Crippen LogP contribution in [0.5, 0.6) is 0 Å². The van der Waals surface area contributed by atoms with E-state index in [4.69, 9.17) is 0 Å². The molecule has 2 aromatic carbocycles. The maximum atomic E-state index is 12.6. The average Bonchev–Trinajstić information content (AvgIpc) is 2.83. The van der Waals surface area contributed by atoms with Gasteiger partial charge >= 0.3 is 0 Å². The monoisotopic (exact) mass is 315 g/mol. The Morgan fingerprint density at radius 2 is 1.81 bits per heavy atom. The van der Waals surface area contributed by atoms with Crippen molar-refractivity contribution in [1.29, 1.82) is 0 Å². The number of amides is 2. The van der Waals surface area contributed by atoms with E-state index in [9.17, 15) is 9.59 Å². The number of anilines is 1. The minimum absolute atomic E-state index is 0.172. The maximum Gasteiger partial charge on any atom is 0.294 e. The van der Waals surface area contributed by atoms with Crippen LogP contribution in [-0.4, -0.2) is 17.4 Å². The van der Waals surface area contributed by atoms with Crippen LogP contribution in [0.4, 0.5) is 10.5 Å². The van der Waals surface area contributed by atoms with Crippen LogP contribution in [0.2, 0.25) is 0 Å². The summed E-state index contributed by atoms with van der Waals surface area (Å²) in [7, 11) is 0. The van der Waals surface area contributed by atoms with E-state index in [0.29, 0.717) is 5.69 Å². The highest BCUT2D eigenvalue weighted by molar-refractivity contribution is 8.15. The predicted octanol–water partition coefficient (Wildman–Crippen LogP) is 4.35. The Hall–Kier alpha value is -1.72. The number of carbonyl (C=O) groups excluding carboxylic acids is 2. The summed E-state index contributed by atoms with van der Waals surface area (Å²) >= 11 is 2.66. The number of nitrogens with zero attached hydrogens (tertiary/aromatic N) is 1. The van der Waals surface area contributed by atoms with Gasteiger partial charge in [0.25, 0.3) is 11.1 Å². The molecule has 106 valence electrons. The van der Waals surface area contributed by atoms with Crippen LogP contribution in [0.3, 0.4) is 0 Å². The van der Waals surface area contributed by atoms with E-state index in [1.165, 1.54) is 4.90 Å². The van der Waals surface area contributed by atoms with Crippen LogP contribution in [0.1, 0.15) is 10.8 Å². The fourth-order valence-corrected chi connectivity index (χ4v) is 3.69. The van der Waals surface area contributed by atoms with Gasteiger partial charge in [0.1, 0.15) is 5.25 Å². The molecule has 1 aliphatic rings. The van der Waals surface area contributed by atoms with Crippen LogP contribution >= 0.6 is 23.5 Å². The zero-order valence-electron chi connectivity index (χ0n) is 11.4. The van der Waals surface area contributed by atoms with E-state index in [0.717, 1.165) is 22.2 Å². The molecule has 0 N–H and O–H groups in total. The lowest BCUT2D eigenvalue weighted by Gasteiger charge is -2.14. The number of benzene rings is 2. The first kappa shape index (κ1) is 14.2. The molecule has 1 saturated heterocycles. The molecule has 21 heavy (non-hydrogen) atoms. The van der Waals surface area contributed by atoms with Crippen molar-refractivity contribution in [2.45, 2.75) is 10.1 Å². The van der Waals surface area contributed by atoms with Crippen molar-refractivity contribution >= 4 is 40.4 Å². The maximum absolute atomic E-state index is 12.6. The number of thioether (sulfide) groups is 2. The molecule has 1 atom stereocenters. The third-order valence-electron chi connectivity index (χ3n) is 3.26. The number of hydrogen-bond acceptors (Lipinski definition) is 4. The lowest BCUT2D eigenvalue weighted by atomic mass is 10.1. The van der Waals surface area contributed by atoms with E-state index in [1.54, 1.807) is 17.8 Å². The van der Waals surface area contributed by atoms with E-state index < -0.39 is 5.25 Å². The summed E-state index contributed by atoms with van der Waals surface area (Å²) < 4.78 is 0. The zero-order valence-corrected chi connectivity index (χ0v) is 13.0. The molecule has 0 aromatic heterocycles. The molecule has 3 rings (SSSR count). The van der Waals surface area contributed by atoms with Crippen molar-refractivity contribution in [1.82, 2.24) is 0 Å². The highest BCUT2D eigenvalue weighted by Gasteiger charge is 2.41. The fraction of sp³-hybridized carbons (Fsp3) is 0.125. The molecule has 1 fully saturated rings. The molecule has 2 aromatic rings. The van der Waals surface area contributed by atoms with Gasteiger partial charge < -0.3 is 0 Å². The number of imide groups is 1. The highest BCUT2D eigenvalue weighted by Crippen LogP contribution is 2.41. The van der Waals surface area contributed by atoms with Crippen LogP contribution in [-0.2, 0) is 4.79 Å². The first-order valence-electron chi connectivity index (χ1n) is 6.44. The number of rotatable bonds is 3. The highest BCUT2D eigenvalue weighted by atomic mass is 32.2. The molecule has 2 amide bonds. The standard InChI is InChI=1S/C16H13NO2S2/c1-20-13-9-5-8-12(10-13)17-15(18)14(21-16(17)19)11-6-3-2-4-7-11/h2-10,14H,1H3/t14-/m0/s1. The second-order valence-corrected chi connectivity index (χ2v) is 6.49. The normalized spacial score (nSPS) is 18.3. The molecular formula is C16H13NO2S2. The molecule has 1 heterocycles. The summed E-state index contributed by atoms with van der Waals surface area (Å²) in [5.74, 6) is -0.172. The first-order valence-corrected chi connectivity index (χ1v) is 8.55. The number of hydrogen-bond donors (Lipinski definition) is 0. The van der Waals surface area contributed by atoms with Gasteiger partial charge in [-0.3, -0.25) is 9.59 Å². The summed E-state index contributed by atoms with van der Waals surface area (Å²) in [5, 5.41) is -0.663. The van der Waals surface area contributed by atoms with Gasteiger partial charge in [-0.05, 0) is 41.8 Å². The van der Waals surface area contributed by atoms with Gasteiger partial charge in [-0.1, -0.05) is 36.4 Å². The Balaban J connectivity index is 1.94. The van der Waals surface area contributed by atoms with Crippen LogP contribution in [0.25, 0.3) is 0 Å². The summed E-state index contributed by atoms with van der Waals surface area (Å²) in [4.78, 5) is 27.1. The minimum Gasteiger partial charge on any atom is -0.272 e. The van der Waals surface area contributed by atoms with Crippen LogP contribution in [0.15, 0.2) is 59.5 Å². The Labute approximate surface area is 131 Å². The number of carbonyl (C=O) groups is 2. The SMILES string of the molecule is CSc1cccc(N2C(=O)S[C@@H](c3ccccc3)C2=O)c1. The molecule has 0 bridgehead atoms. The van der Waals surface area contributed by atoms with Gasteiger partial charge in [0.05, 0.1) is 5.69 Å². The Morgan fingerprint density at radius 1 is 1.05 bits per heavy atom. The smallest absolute Gasteiger partial charge is 0.272 e. The molecule has 3 nitrogen and oxygen atoms in total. The van der Waals surface area contributed by atoms with Gasteiger partial charge in [-0.2, -0.15) is 0 Å². The minimum atomic E-state index is -0.448. The molecule has 0 aliphatic carbocycles. The molecular weight excluding hydrogens is 302 g/mol. The van der Waals surface area contributed by atoms with E-state index in [2.05, 4.69) is 0 Å². The molecule has 0 spiro atoms. The van der Waals surface area contributed by atoms with Crippen molar-refractivity contribution in [2.24, 2.45) is 0 Å². The average molecular weight is 315 g/mol. The summed E-state index contributed by atoms with van der Waals surface area (Å²) in [5.41, 5.74) is 1.51. The van der Waals surface area contributed by atoms with E-state index in [1.807, 2.05) is 54.8 Å². The molecule has 0 saturated carbocycles.